The Bertz CT molecular complexity index is 355. The Balaban J connectivity index is 2.14. The van der Waals surface area contributed by atoms with Crippen LogP contribution < -0.4 is 10.1 Å². The van der Waals surface area contributed by atoms with Crippen molar-refractivity contribution in [2.75, 3.05) is 33.8 Å². The van der Waals surface area contributed by atoms with Gasteiger partial charge in [-0.05, 0) is 64.1 Å². The lowest BCUT2D eigenvalue weighted by atomic mass is 9.91. The van der Waals surface area contributed by atoms with Gasteiger partial charge in [-0.2, -0.15) is 0 Å². The van der Waals surface area contributed by atoms with Crippen LogP contribution in [0.25, 0.3) is 0 Å². The van der Waals surface area contributed by atoms with E-state index in [0.717, 1.165) is 25.4 Å². The van der Waals surface area contributed by atoms with E-state index in [9.17, 15) is 0 Å². The SMILES string of the molecule is CCOc1ccc(C(C2CCNC2)N(C)C)cc1. The molecule has 1 fully saturated rings. The van der Waals surface area contributed by atoms with Gasteiger partial charge in [0.05, 0.1) is 6.61 Å². The predicted molar refractivity (Wildman–Crippen MR) is 75.0 cm³/mol. The number of nitrogens with one attached hydrogen (secondary N) is 1. The number of hydrogen-bond acceptors (Lipinski definition) is 3. The molecule has 1 N–H and O–H groups in total. The molecule has 1 aliphatic heterocycles. The van der Waals surface area contributed by atoms with Gasteiger partial charge in [-0.25, -0.2) is 0 Å². The Morgan fingerprint density at radius 2 is 2.06 bits per heavy atom. The molecule has 1 heterocycles. The van der Waals surface area contributed by atoms with E-state index in [1.807, 2.05) is 6.92 Å². The van der Waals surface area contributed by atoms with Crippen LogP contribution >= 0.6 is 0 Å². The molecule has 1 saturated heterocycles. The highest BCUT2D eigenvalue weighted by atomic mass is 16.5. The third-order valence-electron chi connectivity index (χ3n) is 3.63. The molecule has 1 aliphatic rings. The molecule has 0 bridgehead atoms. The lowest BCUT2D eigenvalue weighted by Gasteiger charge is -2.30. The van der Waals surface area contributed by atoms with Crippen molar-refractivity contribution < 1.29 is 4.74 Å². The summed E-state index contributed by atoms with van der Waals surface area (Å²) in [5, 5.41) is 3.46. The molecule has 1 aromatic carbocycles. The van der Waals surface area contributed by atoms with Crippen LogP contribution in [0.5, 0.6) is 5.75 Å². The monoisotopic (exact) mass is 248 g/mol. The Morgan fingerprint density at radius 1 is 1.33 bits per heavy atom. The summed E-state index contributed by atoms with van der Waals surface area (Å²) in [6, 6.07) is 9.06. The zero-order valence-electron chi connectivity index (χ0n) is 11.6. The van der Waals surface area contributed by atoms with Crippen LogP contribution in [0.15, 0.2) is 24.3 Å². The van der Waals surface area contributed by atoms with Gasteiger partial charge in [-0.15, -0.1) is 0 Å². The molecular weight excluding hydrogens is 224 g/mol. The average Bonchev–Trinajstić information content (AvgIpc) is 2.85. The Hall–Kier alpha value is -1.06. The Kier molecular flexibility index (Phi) is 4.61. The molecular formula is C15H24N2O. The Labute approximate surface area is 110 Å². The molecule has 0 aliphatic carbocycles. The quantitative estimate of drug-likeness (QED) is 0.865. The first-order valence-electron chi connectivity index (χ1n) is 6.82. The molecule has 3 heteroatoms. The van der Waals surface area contributed by atoms with Gasteiger partial charge in [0.1, 0.15) is 5.75 Å². The molecule has 0 aromatic heterocycles. The van der Waals surface area contributed by atoms with Gasteiger partial charge in [-0.1, -0.05) is 12.1 Å². The van der Waals surface area contributed by atoms with Gasteiger partial charge in [0.2, 0.25) is 0 Å². The second kappa shape index (κ2) is 6.21. The van der Waals surface area contributed by atoms with E-state index in [1.165, 1.54) is 12.0 Å². The maximum absolute atomic E-state index is 5.50. The van der Waals surface area contributed by atoms with Gasteiger partial charge in [0.25, 0.3) is 0 Å². The van der Waals surface area contributed by atoms with E-state index in [0.29, 0.717) is 12.0 Å². The van der Waals surface area contributed by atoms with Gasteiger partial charge in [-0.3, -0.25) is 0 Å². The summed E-state index contributed by atoms with van der Waals surface area (Å²) in [6.07, 6.45) is 1.26. The van der Waals surface area contributed by atoms with E-state index < -0.39 is 0 Å². The first-order valence-corrected chi connectivity index (χ1v) is 6.82. The summed E-state index contributed by atoms with van der Waals surface area (Å²) in [4.78, 5) is 2.33. The van der Waals surface area contributed by atoms with Crippen molar-refractivity contribution in [3.63, 3.8) is 0 Å². The zero-order valence-corrected chi connectivity index (χ0v) is 11.6. The molecule has 0 saturated carbocycles. The van der Waals surface area contributed by atoms with Gasteiger partial charge in [0.15, 0.2) is 0 Å². The summed E-state index contributed by atoms with van der Waals surface area (Å²) in [7, 11) is 4.33. The van der Waals surface area contributed by atoms with E-state index in [-0.39, 0.29) is 0 Å². The normalized spacial score (nSPS) is 21.2. The minimum absolute atomic E-state index is 0.496. The van der Waals surface area contributed by atoms with E-state index in [2.05, 4.69) is 48.6 Å². The van der Waals surface area contributed by atoms with Crippen molar-refractivity contribution in [3.8, 4) is 5.75 Å². The van der Waals surface area contributed by atoms with E-state index in [1.54, 1.807) is 0 Å². The van der Waals surface area contributed by atoms with Crippen LogP contribution in [0.2, 0.25) is 0 Å². The highest BCUT2D eigenvalue weighted by molar-refractivity contribution is 5.29. The summed E-state index contributed by atoms with van der Waals surface area (Å²) < 4.78 is 5.50. The fraction of sp³-hybridized carbons (Fsp3) is 0.600. The molecule has 0 radical (unpaired) electrons. The maximum atomic E-state index is 5.50. The maximum Gasteiger partial charge on any atom is 0.119 e. The highest BCUT2D eigenvalue weighted by Crippen LogP contribution is 2.31. The molecule has 1 aromatic rings. The Morgan fingerprint density at radius 3 is 2.56 bits per heavy atom. The largest absolute Gasteiger partial charge is 0.494 e. The number of benzene rings is 1. The van der Waals surface area contributed by atoms with Crippen molar-refractivity contribution in [2.45, 2.75) is 19.4 Å². The fourth-order valence-corrected chi connectivity index (χ4v) is 2.87. The minimum Gasteiger partial charge on any atom is -0.494 e. The number of hydrogen-bond donors (Lipinski definition) is 1. The minimum atomic E-state index is 0.496. The van der Waals surface area contributed by atoms with Crippen LogP contribution in [-0.2, 0) is 0 Å². The molecule has 2 unspecified atom stereocenters. The molecule has 0 spiro atoms. The predicted octanol–water partition coefficient (Wildman–Crippen LogP) is 2.30. The van der Waals surface area contributed by atoms with Crippen LogP contribution in [-0.4, -0.2) is 38.7 Å². The summed E-state index contributed by atoms with van der Waals surface area (Å²) >= 11 is 0. The average molecular weight is 248 g/mol. The lowest BCUT2D eigenvalue weighted by molar-refractivity contribution is 0.223. The smallest absolute Gasteiger partial charge is 0.119 e. The fourth-order valence-electron chi connectivity index (χ4n) is 2.87. The van der Waals surface area contributed by atoms with Crippen molar-refractivity contribution in [1.29, 1.82) is 0 Å². The van der Waals surface area contributed by atoms with E-state index >= 15 is 0 Å². The molecule has 18 heavy (non-hydrogen) atoms. The summed E-state index contributed by atoms with van der Waals surface area (Å²) in [5.41, 5.74) is 1.39. The molecule has 3 nitrogen and oxygen atoms in total. The first kappa shape index (κ1) is 13.4. The zero-order chi connectivity index (χ0) is 13.0. The lowest BCUT2D eigenvalue weighted by Crippen LogP contribution is -2.28. The van der Waals surface area contributed by atoms with Gasteiger partial charge in [0, 0.05) is 6.04 Å². The third-order valence-corrected chi connectivity index (χ3v) is 3.63. The van der Waals surface area contributed by atoms with Crippen LogP contribution in [0.3, 0.4) is 0 Å². The standard InChI is InChI=1S/C15H24N2O/c1-4-18-14-7-5-12(6-8-14)15(17(2)3)13-9-10-16-11-13/h5-8,13,15-16H,4,9-11H2,1-3H3. The van der Waals surface area contributed by atoms with Crippen molar-refractivity contribution in [1.82, 2.24) is 10.2 Å². The van der Waals surface area contributed by atoms with Gasteiger partial charge >= 0.3 is 0 Å². The van der Waals surface area contributed by atoms with Crippen LogP contribution in [0.4, 0.5) is 0 Å². The highest BCUT2D eigenvalue weighted by Gasteiger charge is 2.27. The molecule has 2 rings (SSSR count). The van der Waals surface area contributed by atoms with Gasteiger partial charge < -0.3 is 15.0 Å². The first-order chi connectivity index (χ1) is 8.72. The number of ether oxygens (including phenoxy) is 1. The second-order valence-electron chi connectivity index (χ2n) is 5.16. The van der Waals surface area contributed by atoms with Crippen molar-refractivity contribution in [3.05, 3.63) is 29.8 Å². The molecule has 0 amide bonds. The summed E-state index contributed by atoms with van der Waals surface area (Å²) in [5.74, 6) is 1.67. The van der Waals surface area contributed by atoms with Crippen LogP contribution in [0, 0.1) is 5.92 Å². The third kappa shape index (κ3) is 3.03. The van der Waals surface area contributed by atoms with Crippen molar-refractivity contribution >= 4 is 0 Å². The summed E-state index contributed by atoms with van der Waals surface area (Å²) in [6.45, 7) is 5.01. The molecule has 2 atom stereocenters. The topological polar surface area (TPSA) is 24.5 Å². The van der Waals surface area contributed by atoms with E-state index in [4.69, 9.17) is 4.74 Å². The van der Waals surface area contributed by atoms with Crippen LogP contribution in [0.1, 0.15) is 24.9 Å². The number of nitrogens with zero attached hydrogens (tertiary/aromatic N) is 1. The molecule has 100 valence electrons. The van der Waals surface area contributed by atoms with Crippen molar-refractivity contribution in [2.24, 2.45) is 5.92 Å². The number of rotatable bonds is 5. The second-order valence-corrected chi connectivity index (χ2v) is 5.16.